The first-order chi connectivity index (χ1) is 11.0. The van der Waals surface area contributed by atoms with E-state index in [4.69, 9.17) is 10.5 Å². The van der Waals surface area contributed by atoms with Crippen LogP contribution in [-0.4, -0.2) is 30.1 Å². The molecule has 2 aromatic rings. The highest BCUT2D eigenvalue weighted by Gasteiger charge is 2.22. The molecule has 0 radical (unpaired) electrons. The fourth-order valence-corrected chi connectivity index (χ4v) is 2.90. The van der Waals surface area contributed by atoms with Crippen LogP contribution in [0.5, 0.6) is 5.75 Å². The number of rotatable bonds is 7. The summed E-state index contributed by atoms with van der Waals surface area (Å²) < 4.78 is 5.14. The third kappa shape index (κ3) is 4.30. The maximum Gasteiger partial charge on any atom is 0.270 e. The molecule has 0 saturated carbocycles. The van der Waals surface area contributed by atoms with Gasteiger partial charge >= 0.3 is 0 Å². The van der Waals surface area contributed by atoms with Crippen LogP contribution in [0.25, 0.3) is 10.6 Å². The van der Waals surface area contributed by atoms with Gasteiger partial charge in [0.05, 0.1) is 7.11 Å². The molecule has 1 amide bonds. The minimum atomic E-state index is -0.357. The molecule has 0 spiro atoms. The van der Waals surface area contributed by atoms with Gasteiger partial charge in [0.1, 0.15) is 16.5 Å². The number of carbonyl (C=O) groups is 1. The van der Waals surface area contributed by atoms with E-state index in [2.05, 4.69) is 10.3 Å². The number of nitrogens with zero attached hydrogens (tertiary/aromatic N) is 1. The van der Waals surface area contributed by atoms with Gasteiger partial charge in [0.2, 0.25) is 0 Å². The van der Waals surface area contributed by atoms with E-state index in [9.17, 15) is 4.79 Å². The van der Waals surface area contributed by atoms with Crippen LogP contribution >= 0.6 is 11.3 Å². The normalized spacial score (nSPS) is 11.3. The summed E-state index contributed by atoms with van der Waals surface area (Å²) in [7, 11) is 1.63. The molecule has 0 fully saturated rings. The standard InChI is InChI=1S/C17H23N3O2S/c1-4-17(18,5-2)11-19-15(21)14-10-23-16(20-14)12-6-8-13(22-3)9-7-12/h6-10H,4-5,11,18H2,1-3H3,(H,19,21). The van der Waals surface area contributed by atoms with Crippen LogP contribution in [0.15, 0.2) is 29.6 Å². The maximum atomic E-state index is 12.2. The van der Waals surface area contributed by atoms with Crippen molar-refractivity contribution in [2.24, 2.45) is 5.73 Å². The van der Waals surface area contributed by atoms with Crippen LogP contribution in [0.2, 0.25) is 0 Å². The van der Waals surface area contributed by atoms with Gasteiger partial charge in [-0.2, -0.15) is 0 Å². The molecule has 1 aromatic carbocycles. The summed E-state index contributed by atoms with van der Waals surface area (Å²) in [5.41, 5.74) is 7.23. The Bertz CT molecular complexity index is 648. The lowest BCUT2D eigenvalue weighted by Crippen LogP contribution is -2.49. The Morgan fingerprint density at radius 1 is 1.30 bits per heavy atom. The number of aromatic nitrogens is 1. The number of benzene rings is 1. The monoisotopic (exact) mass is 333 g/mol. The third-order valence-electron chi connectivity index (χ3n) is 4.08. The van der Waals surface area contributed by atoms with Crippen LogP contribution in [0, 0.1) is 0 Å². The van der Waals surface area contributed by atoms with E-state index in [1.165, 1.54) is 11.3 Å². The molecule has 2 rings (SSSR count). The van der Waals surface area contributed by atoms with Crippen molar-refractivity contribution in [3.63, 3.8) is 0 Å². The van der Waals surface area contributed by atoms with Gasteiger partial charge in [0.25, 0.3) is 5.91 Å². The molecule has 1 aromatic heterocycles. The molecular weight excluding hydrogens is 310 g/mol. The Hall–Kier alpha value is -1.92. The lowest BCUT2D eigenvalue weighted by atomic mass is 9.94. The molecule has 0 saturated heterocycles. The lowest BCUT2D eigenvalue weighted by Gasteiger charge is -2.26. The summed E-state index contributed by atoms with van der Waals surface area (Å²) in [6.45, 7) is 4.51. The maximum absolute atomic E-state index is 12.2. The van der Waals surface area contributed by atoms with Crippen molar-refractivity contribution in [1.82, 2.24) is 10.3 Å². The molecule has 0 atom stereocenters. The number of carbonyl (C=O) groups excluding carboxylic acids is 1. The first-order valence-electron chi connectivity index (χ1n) is 7.68. The number of hydrogen-bond donors (Lipinski definition) is 2. The summed E-state index contributed by atoms with van der Waals surface area (Å²) in [6.07, 6.45) is 1.63. The summed E-state index contributed by atoms with van der Waals surface area (Å²) >= 11 is 1.45. The summed E-state index contributed by atoms with van der Waals surface area (Å²) in [5.74, 6) is 0.611. The fourth-order valence-electron chi connectivity index (χ4n) is 2.09. The number of nitrogens with one attached hydrogen (secondary N) is 1. The molecule has 0 bridgehead atoms. The molecule has 0 aliphatic heterocycles. The summed E-state index contributed by atoms with van der Waals surface area (Å²) in [4.78, 5) is 16.6. The molecule has 124 valence electrons. The van der Waals surface area contributed by atoms with Crippen LogP contribution in [-0.2, 0) is 0 Å². The van der Waals surface area contributed by atoms with Gasteiger partial charge < -0.3 is 15.8 Å². The Kier molecular flexibility index (Phi) is 5.74. The molecule has 0 unspecified atom stereocenters. The number of methoxy groups -OCH3 is 1. The SMILES string of the molecule is CCC(N)(CC)CNC(=O)c1csc(-c2ccc(OC)cc2)n1. The van der Waals surface area contributed by atoms with Gasteiger partial charge in [-0.15, -0.1) is 11.3 Å². The van der Waals surface area contributed by atoms with Crippen LogP contribution in [0.4, 0.5) is 0 Å². The smallest absolute Gasteiger partial charge is 0.270 e. The molecule has 3 N–H and O–H groups in total. The van der Waals surface area contributed by atoms with Crippen molar-refractivity contribution < 1.29 is 9.53 Å². The highest BCUT2D eigenvalue weighted by Crippen LogP contribution is 2.25. The van der Waals surface area contributed by atoms with Gasteiger partial charge in [0, 0.05) is 23.0 Å². The second-order valence-electron chi connectivity index (χ2n) is 5.52. The van der Waals surface area contributed by atoms with E-state index >= 15 is 0 Å². The highest BCUT2D eigenvalue weighted by atomic mass is 32.1. The largest absolute Gasteiger partial charge is 0.497 e. The average Bonchev–Trinajstić information content (AvgIpc) is 3.09. The minimum absolute atomic E-state index is 0.183. The number of nitrogens with two attached hydrogens (primary N) is 1. The second-order valence-corrected chi connectivity index (χ2v) is 6.38. The molecule has 6 heteroatoms. The molecule has 0 aliphatic rings. The molecule has 0 aliphatic carbocycles. The van der Waals surface area contributed by atoms with E-state index < -0.39 is 0 Å². The highest BCUT2D eigenvalue weighted by molar-refractivity contribution is 7.13. The topological polar surface area (TPSA) is 77.2 Å². The Morgan fingerprint density at radius 2 is 1.96 bits per heavy atom. The van der Waals surface area contributed by atoms with Crippen molar-refractivity contribution in [1.29, 1.82) is 0 Å². The average molecular weight is 333 g/mol. The van der Waals surface area contributed by atoms with E-state index in [-0.39, 0.29) is 11.4 Å². The van der Waals surface area contributed by atoms with Gasteiger partial charge in [-0.1, -0.05) is 13.8 Å². The number of ether oxygens (including phenoxy) is 1. The van der Waals surface area contributed by atoms with Crippen molar-refractivity contribution in [2.75, 3.05) is 13.7 Å². The van der Waals surface area contributed by atoms with Crippen LogP contribution in [0.1, 0.15) is 37.2 Å². The molecule has 5 nitrogen and oxygen atoms in total. The van der Waals surface area contributed by atoms with E-state index in [1.807, 2.05) is 38.1 Å². The number of thiazole rings is 1. The zero-order chi connectivity index (χ0) is 16.9. The van der Waals surface area contributed by atoms with Crippen LogP contribution < -0.4 is 15.8 Å². The first-order valence-corrected chi connectivity index (χ1v) is 8.56. The summed E-state index contributed by atoms with van der Waals surface area (Å²) in [5, 5.41) is 5.46. The van der Waals surface area contributed by atoms with E-state index in [0.29, 0.717) is 12.2 Å². The van der Waals surface area contributed by atoms with Crippen molar-refractivity contribution in [3.8, 4) is 16.3 Å². The summed E-state index contributed by atoms with van der Waals surface area (Å²) in [6, 6.07) is 7.61. The van der Waals surface area contributed by atoms with Gasteiger partial charge in [0.15, 0.2) is 0 Å². The zero-order valence-electron chi connectivity index (χ0n) is 13.8. The lowest BCUT2D eigenvalue weighted by molar-refractivity contribution is 0.0938. The van der Waals surface area contributed by atoms with Gasteiger partial charge in [-0.25, -0.2) is 4.98 Å². The van der Waals surface area contributed by atoms with Crippen LogP contribution in [0.3, 0.4) is 0 Å². The fraction of sp³-hybridized carbons (Fsp3) is 0.412. The van der Waals surface area contributed by atoms with Crippen molar-refractivity contribution in [3.05, 3.63) is 35.3 Å². The second kappa shape index (κ2) is 7.57. The Balaban J connectivity index is 2.04. The van der Waals surface area contributed by atoms with Crippen molar-refractivity contribution >= 4 is 17.2 Å². The zero-order valence-corrected chi connectivity index (χ0v) is 14.6. The predicted octanol–water partition coefficient (Wildman–Crippen LogP) is 3.07. The quantitative estimate of drug-likeness (QED) is 0.816. The first kappa shape index (κ1) is 17.4. The predicted molar refractivity (Wildman–Crippen MR) is 93.9 cm³/mol. The van der Waals surface area contributed by atoms with E-state index in [1.54, 1.807) is 12.5 Å². The number of hydrogen-bond acceptors (Lipinski definition) is 5. The van der Waals surface area contributed by atoms with Gasteiger partial charge in [-0.3, -0.25) is 4.79 Å². The van der Waals surface area contributed by atoms with Gasteiger partial charge in [-0.05, 0) is 37.1 Å². The minimum Gasteiger partial charge on any atom is -0.497 e. The molecule has 1 heterocycles. The Labute approximate surface area is 140 Å². The van der Waals surface area contributed by atoms with Crippen molar-refractivity contribution in [2.45, 2.75) is 32.2 Å². The van der Waals surface area contributed by atoms with E-state index in [0.717, 1.165) is 29.2 Å². The third-order valence-corrected chi connectivity index (χ3v) is 4.97. The Morgan fingerprint density at radius 3 is 2.52 bits per heavy atom. The molecule has 23 heavy (non-hydrogen) atoms. The molecular formula is C17H23N3O2S. The number of amides is 1.